The van der Waals surface area contributed by atoms with E-state index >= 15 is 0 Å². The zero-order valence-corrected chi connectivity index (χ0v) is 21.2. The van der Waals surface area contributed by atoms with Gasteiger partial charge in [-0.1, -0.05) is 30.3 Å². The van der Waals surface area contributed by atoms with Gasteiger partial charge in [0.25, 0.3) is 0 Å². The maximum atomic E-state index is 12.1. The van der Waals surface area contributed by atoms with Gasteiger partial charge < -0.3 is 9.84 Å². The average Bonchev–Trinajstić information content (AvgIpc) is 2.70. The zero-order chi connectivity index (χ0) is 24.3. The molecular weight excluding hydrogens is 404 g/mol. The van der Waals surface area contributed by atoms with E-state index < -0.39 is 12.1 Å². The summed E-state index contributed by atoms with van der Waals surface area (Å²) in [6.45, 7) is 12.9. The van der Waals surface area contributed by atoms with E-state index in [0.717, 1.165) is 25.7 Å². The van der Waals surface area contributed by atoms with Gasteiger partial charge in [0, 0.05) is 29.6 Å². The second-order valence-corrected chi connectivity index (χ2v) is 10.9. The maximum Gasteiger partial charge on any atom is 0.339 e. The number of carbonyl (C=O) groups excluding carboxylic acids is 1. The standard InChI is InChI=1S/C17H25NO3.C9H18NO/c1-12-10-14(11-17(2,3)18(12)4)21-16(20)15(19)13-8-6-5-7-9-13;1-7-5-8(11)6-9(2,3)10(7)4/h5-9,12,14-15,19H,10-11H2,1-4H3;7-8H,5-6H2,1-4H3. The Hall–Kier alpha value is -1.47. The number of carbonyl (C=O) groups is 1. The Balaban J connectivity index is 0.000000278. The number of ether oxygens (including phenoxy) is 1. The molecule has 1 radical (unpaired) electrons. The van der Waals surface area contributed by atoms with Crippen molar-refractivity contribution >= 4 is 5.97 Å². The molecule has 2 saturated heterocycles. The first-order chi connectivity index (χ1) is 14.7. The number of aliphatic hydroxyl groups is 1. The number of hydrogen-bond acceptors (Lipinski definition) is 5. The molecular formula is C26H43N2O4. The highest BCUT2D eigenvalue weighted by Crippen LogP contribution is 2.32. The van der Waals surface area contributed by atoms with E-state index in [1.54, 1.807) is 24.3 Å². The van der Waals surface area contributed by atoms with Crippen molar-refractivity contribution in [1.29, 1.82) is 0 Å². The smallest absolute Gasteiger partial charge is 0.339 e. The molecule has 0 amide bonds. The van der Waals surface area contributed by atoms with Crippen molar-refractivity contribution in [3.8, 4) is 0 Å². The van der Waals surface area contributed by atoms with E-state index in [-0.39, 0.29) is 23.3 Å². The highest BCUT2D eigenvalue weighted by molar-refractivity contribution is 5.76. The Labute approximate surface area is 194 Å². The molecule has 1 aromatic carbocycles. The Morgan fingerprint density at radius 1 is 0.969 bits per heavy atom. The van der Waals surface area contributed by atoms with Gasteiger partial charge in [-0.2, -0.15) is 0 Å². The van der Waals surface area contributed by atoms with E-state index in [1.807, 2.05) is 6.07 Å². The van der Waals surface area contributed by atoms with Crippen molar-refractivity contribution in [3.63, 3.8) is 0 Å². The van der Waals surface area contributed by atoms with Crippen LogP contribution in [-0.4, -0.2) is 70.3 Å². The molecule has 6 heteroatoms. The lowest BCUT2D eigenvalue weighted by Gasteiger charge is -2.47. The molecule has 3 rings (SSSR count). The Morgan fingerprint density at radius 3 is 1.97 bits per heavy atom. The van der Waals surface area contributed by atoms with Gasteiger partial charge in [-0.3, -0.25) is 9.80 Å². The summed E-state index contributed by atoms with van der Waals surface area (Å²) >= 11 is 0. The van der Waals surface area contributed by atoms with Gasteiger partial charge in [-0.15, -0.1) is 0 Å². The molecule has 0 aromatic heterocycles. The molecule has 0 saturated carbocycles. The van der Waals surface area contributed by atoms with Gasteiger partial charge in [-0.25, -0.2) is 9.90 Å². The minimum absolute atomic E-state index is 0.0136. The molecule has 5 atom stereocenters. The molecule has 0 spiro atoms. The molecule has 2 fully saturated rings. The number of rotatable bonds is 3. The van der Waals surface area contributed by atoms with E-state index in [2.05, 4.69) is 65.4 Å². The molecule has 0 bridgehead atoms. The second-order valence-electron chi connectivity index (χ2n) is 10.9. The fraction of sp³-hybridized carbons (Fsp3) is 0.731. The van der Waals surface area contributed by atoms with Crippen LogP contribution in [0.5, 0.6) is 0 Å². The van der Waals surface area contributed by atoms with Crippen LogP contribution in [0.15, 0.2) is 30.3 Å². The van der Waals surface area contributed by atoms with Gasteiger partial charge in [0.1, 0.15) is 6.10 Å². The van der Waals surface area contributed by atoms with Gasteiger partial charge >= 0.3 is 5.97 Å². The second kappa shape index (κ2) is 10.6. The van der Waals surface area contributed by atoms with Crippen LogP contribution in [0.3, 0.4) is 0 Å². The van der Waals surface area contributed by atoms with Gasteiger partial charge in [0.05, 0.1) is 6.10 Å². The van der Waals surface area contributed by atoms with Crippen molar-refractivity contribution in [3.05, 3.63) is 35.9 Å². The molecule has 1 aromatic rings. The fourth-order valence-electron chi connectivity index (χ4n) is 4.93. The van der Waals surface area contributed by atoms with Crippen LogP contribution in [0, 0.1) is 0 Å². The van der Waals surface area contributed by atoms with E-state index in [0.29, 0.717) is 17.6 Å². The summed E-state index contributed by atoms with van der Waals surface area (Å²) in [5.41, 5.74) is 0.660. The molecule has 181 valence electrons. The highest BCUT2D eigenvalue weighted by Gasteiger charge is 2.39. The number of nitrogens with zero attached hydrogens (tertiary/aromatic N) is 2. The summed E-state index contributed by atoms with van der Waals surface area (Å²) in [7, 11) is 4.21. The minimum Gasteiger partial charge on any atom is -0.460 e. The summed E-state index contributed by atoms with van der Waals surface area (Å²) in [6, 6.07) is 9.70. The third kappa shape index (κ3) is 6.77. The first-order valence-electron chi connectivity index (χ1n) is 11.8. The number of aliphatic hydroxyl groups excluding tert-OH is 1. The lowest BCUT2D eigenvalue weighted by Crippen LogP contribution is -2.54. The van der Waals surface area contributed by atoms with Crippen LogP contribution in [0.25, 0.3) is 0 Å². The minimum atomic E-state index is -1.20. The van der Waals surface area contributed by atoms with Crippen LogP contribution in [-0.2, 0) is 14.6 Å². The Kier molecular flexibility index (Phi) is 8.90. The largest absolute Gasteiger partial charge is 0.460 e. The normalized spacial score (nSPS) is 31.2. The van der Waals surface area contributed by atoms with Crippen LogP contribution in [0.4, 0.5) is 0 Å². The first kappa shape index (κ1) is 26.8. The van der Waals surface area contributed by atoms with Crippen molar-refractivity contribution in [1.82, 2.24) is 9.80 Å². The highest BCUT2D eigenvalue weighted by atomic mass is 16.6. The number of benzene rings is 1. The van der Waals surface area contributed by atoms with Gasteiger partial charge in [0.2, 0.25) is 0 Å². The predicted octanol–water partition coefficient (Wildman–Crippen LogP) is 4.20. The van der Waals surface area contributed by atoms with Crippen molar-refractivity contribution < 1.29 is 19.7 Å². The molecule has 5 unspecified atom stereocenters. The molecule has 6 nitrogen and oxygen atoms in total. The SMILES string of the molecule is CC1CC(OC(=O)C(O)c2ccccc2)CC(C)(C)N1C.CC1CC([O])CC(C)(C)N1C. The maximum absolute atomic E-state index is 12.1. The lowest BCUT2D eigenvalue weighted by atomic mass is 9.85. The van der Waals surface area contributed by atoms with Crippen molar-refractivity contribution in [2.24, 2.45) is 0 Å². The molecule has 32 heavy (non-hydrogen) atoms. The lowest BCUT2D eigenvalue weighted by molar-refractivity contribution is -0.165. The summed E-state index contributed by atoms with van der Waals surface area (Å²) in [6.07, 6.45) is 1.47. The van der Waals surface area contributed by atoms with Crippen molar-refractivity contribution in [2.45, 2.75) is 109 Å². The third-order valence-electron chi connectivity index (χ3n) is 7.52. The first-order valence-corrected chi connectivity index (χ1v) is 11.8. The molecule has 2 aliphatic rings. The quantitative estimate of drug-likeness (QED) is 0.703. The number of piperidine rings is 2. The molecule has 0 aliphatic carbocycles. The van der Waals surface area contributed by atoms with Crippen LogP contribution in [0.1, 0.15) is 78.9 Å². The number of hydrogen-bond donors (Lipinski definition) is 1. The van der Waals surface area contributed by atoms with Crippen LogP contribution >= 0.6 is 0 Å². The summed E-state index contributed by atoms with van der Waals surface area (Å²) in [5.74, 6) is -0.557. The fourth-order valence-corrected chi connectivity index (χ4v) is 4.93. The summed E-state index contributed by atoms with van der Waals surface area (Å²) in [5, 5.41) is 21.4. The Bertz CT molecular complexity index is 737. The third-order valence-corrected chi connectivity index (χ3v) is 7.52. The zero-order valence-electron chi connectivity index (χ0n) is 21.2. The number of esters is 1. The van der Waals surface area contributed by atoms with Gasteiger partial charge in [-0.05, 0) is 80.5 Å². The van der Waals surface area contributed by atoms with E-state index in [4.69, 9.17) is 4.74 Å². The molecule has 2 heterocycles. The topological polar surface area (TPSA) is 72.9 Å². The van der Waals surface area contributed by atoms with Crippen molar-refractivity contribution in [2.75, 3.05) is 14.1 Å². The van der Waals surface area contributed by atoms with Gasteiger partial charge in [0.15, 0.2) is 6.10 Å². The van der Waals surface area contributed by atoms with Crippen LogP contribution < -0.4 is 0 Å². The Morgan fingerprint density at radius 2 is 1.47 bits per heavy atom. The summed E-state index contributed by atoms with van der Waals surface area (Å²) < 4.78 is 5.55. The van der Waals surface area contributed by atoms with E-state index in [9.17, 15) is 15.0 Å². The average molecular weight is 448 g/mol. The van der Waals surface area contributed by atoms with Crippen LogP contribution in [0.2, 0.25) is 0 Å². The monoisotopic (exact) mass is 447 g/mol. The molecule has 1 N–H and O–H groups in total. The number of likely N-dealkylation sites (tertiary alicyclic amines) is 2. The predicted molar refractivity (Wildman–Crippen MR) is 127 cm³/mol. The molecule has 2 aliphatic heterocycles. The van der Waals surface area contributed by atoms with E-state index in [1.165, 1.54) is 0 Å². The summed E-state index contributed by atoms with van der Waals surface area (Å²) in [4.78, 5) is 16.7.